The van der Waals surface area contributed by atoms with Gasteiger partial charge >= 0.3 is 12.1 Å². The molecule has 1 heterocycles. The van der Waals surface area contributed by atoms with Gasteiger partial charge in [0.15, 0.2) is 11.7 Å². The first-order chi connectivity index (χ1) is 13.1. The highest BCUT2D eigenvalue weighted by atomic mass is 35.5. The number of anilines is 1. The third-order valence-corrected chi connectivity index (χ3v) is 4.00. The molecule has 0 unspecified atom stereocenters. The molecule has 0 aliphatic carbocycles. The number of aromatic nitrogens is 1. The van der Waals surface area contributed by atoms with Crippen molar-refractivity contribution in [1.82, 2.24) is 5.16 Å². The number of benzene rings is 1. The molecule has 1 aromatic carbocycles. The Morgan fingerprint density at radius 2 is 2.11 bits per heavy atom. The monoisotopic (exact) mass is 418 g/mol. The Balaban J connectivity index is 2.22. The predicted molar refractivity (Wildman–Crippen MR) is 97.4 cm³/mol. The molecule has 1 aromatic heterocycles. The molecule has 0 atom stereocenters. The van der Waals surface area contributed by atoms with Gasteiger partial charge in [-0.15, -0.1) is 0 Å². The summed E-state index contributed by atoms with van der Waals surface area (Å²) in [6.45, 7) is 1.57. The van der Waals surface area contributed by atoms with Crippen molar-refractivity contribution in [2.24, 2.45) is 10.7 Å². The van der Waals surface area contributed by atoms with Crippen molar-refractivity contribution in [3.8, 4) is 0 Å². The summed E-state index contributed by atoms with van der Waals surface area (Å²) in [5.41, 5.74) is 7.61. The summed E-state index contributed by atoms with van der Waals surface area (Å²) in [6.07, 6.45) is -5.07. The molecule has 0 bridgehead atoms. The van der Waals surface area contributed by atoms with Crippen molar-refractivity contribution < 1.29 is 27.2 Å². The van der Waals surface area contributed by atoms with Crippen molar-refractivity contribution in [2.45, 2.75) is 19.6 Å². The zero-order valence-corrected chi connectivity index (χ0v) is 15.8. The van der Waals surface area contributed by atoms with Crippen molar-refractivity contribution in [2.75, 3.05) is 25.2 Å². The van der Waals surface area contributed by atoms with E-state index in [1.165, 1.54) is 7.11 Å². The minimum atomic E-state index is -5.07. The molecule has 2 aromatic rings. The Hall–Kier alpha value is -2.59. The molecule has 0 saturated heterocycles. The zero-order chi connectivity index (χ0) is 20.9. The number of aliphatic imine (C=N–C) groups is 1. The molecule has 0 aliphatic rings. The van der Waals surface area contributed by atoms with Gasteiger partial charge in [0.2, 0.25) is 5.76 Å². The molecule has 0 saturated carbocycles. The standard InChI is InChI=1S/C17H18ClF3N4O3/c1-10-3-4-12(18)7-11(10)9-23-15(22)13-8-14(24-28-13)25(5-6-27-2)16(26)17(19,20)21/h3-4,7-8H,5-6,9H2,1-2H3,(H2,22,23). The fourth-order valence-electron chi connectivity index (χ4n) is 2.23. The number of hydrogen-bond donors (Lipinski definition) is 1. The highest BCUT2D eigenvalue weighted by Gasteiger charge is 2.43. The zero-order valence-electron chi connectivity index (χ0n) is 15.1. The number of nitrogens with two attached hydrogens (primary N) is 1. The summed E-state index contributed by atoms with van der Waals surface area (Å²) in [5.74, 6) is -2.57. The van der Waals surface area contributed by atoms with Gasteiger partial charge in [-0.05, 0) is 30.2 Å². The van der Waals surface area contributed by atoms with Gasteiger partial charge < -0.3 is 15.0 Å². The molecule has 0 fully saturated rings. The van der Waals surface area contributed by atoms with Crippen molar-refractivity contribution in [1.29, 1.82) is 0 Å². The lowest BCUT2D eigenvalue weighted by molar-refractivity contribution is -0.170. The smallest absolute Gasteiger partial charge is 0.383 e. The van der Waals surface area contributed by atoms with Crippen molar-refractivity contribution in [3.05, 3.63) is 46.2 Å². The summed E-state index contributed by atoms with van der Waals surface area (Å²) in [6, 6.07) is 6.41. The van der Waals surface area contributed by atoms with Gasteiger partial charge in [-0.2, -0.15) is 13.2 Å². The summed E-state index contributed by atoms with van der Waals surface area (Å²) in [7, 11) is 1.30. The average molecular weight is 419 g/mol. The SMILES string of the molecule is COCCN(C(=O)C(F)(F)F)c1cc(C(N)=NCc2cc(Cl)ccc2C)on1. The number of amides is 1. The number of aryl methyl sites for hydroxylation is 1. The van der Waals surface area contributed by atoms with Crippen LogP contribution in [0, 0.1) is 6.92 Å². The lowest BCUT2D eigenvalue weighted by atomic mass is 10.1. The van der Waals surface area contributed by atoms with Gasteiger partial charge in [0.1, 0.15) is 0 Å². The number of amidine groups is 1. The molecular weight excluding hydrogens is 401 g/mol. The van der Waals surface area contributed by atoms with E-state index >= 15 is 0 Å². The Labute approximate surface area is 163 Å². The van der Waals surface area contributed by atoms with E-state index < -0.39 is 12.1 Å². The molecule has 28 heavy (non-hydrogen) atoms. The van der Waals surface area contributed by atoms with E-state index in [1.54, 1.807) is 12.1 Å². The third kappa shape index (κ3) is 5.46. The van der Waals surface area contributed by atoms with Crippen molar-refractivity contribution >= 4 is 29.2 Å². The minimum absolute atomic E-state index is 0.0629. The van der Waals surface area contributed by atoms with Crippen LogP contribution >= 0.6 is 11.6 Å². The van der Waals surface area contributed by atoms with Crippen LogP contribution in [0.4, 0.5) is 19.0 Å². The highest BCUT2D eigenvalue weighted by molar-refractivity contribution is 6.30. The molecule has 2 rings (SSSR count). The number of rotatable bonds is 7. The summed E-state index contributed by atoms with van der Waals surface area (Å²) in [4.78, 5) is 16.2. The second-order valence-electron chi connectivity index (χ2n) is 5.77. The van der Waals surface area contributed by atoms with Gasteiger partial charge in [-0.25, -0.2) is 0 Å². The van der Waals surface area contributed by atoms with Crippen LogP contribution in [0.2, 0.25) is 5.02 Å². The van der Waals surface area contributed by atoms with Crippen LogP contribution in [0.15, 0.2) is 33.8 Å². The highest BCUT2D eigenvalue weighted by Crippen LogP contribution is 2.24. The summed E-state index contributed by atoms with van der Waals surface area (Å²) < 4.78 is 48.1. The normalized spacial score (nSPS) is 12.3. The summed E-state index contributed by atoms with van der Waals surface area (Å²) >= 11 is 5.95. The first-order valence-corrected chi connectivity index (χ1v) is 8.41. The van der Waals surface area contributed by atoms with Gasteiger partial charge in [0, 0.05) is 18.2 Å². The third-order valence-electron chi connectivity index (χ3n) is 3.76. The van der Waals surface area contributed by atoms with Crippen LogP contribution in [-0.2, 0) is 16.1 Å². The molecule has 0 spiro atoms. The maximum Gasteiger partial charge on any atom is 0.471 e. The number of alkyl halides is 3. The van der Waals surface area contributed by atoms with Crippen LogP contribution < -0.4 is 10.6 Å². The van der Waals surface area contributed by atoms with Gasteiger partial charge in [0.05, 0.1) is 19.7 Å². The Kier molecular flexibility index (Phi) is 7.03. The largest absolute Gasteiger partial charge is 0.471 e. The van der Waals surface area contributed by atoms with Crippen molar-refractivity contribution in [3.63, 3.8) is 0 Å². The molecule has 2 N–H and O–H groups in total. The molecule has 0 aliphatic heterocycles. The lowest BCUT2D eigenvalue weighted by Gasteiger charge is -2.20. The second-order valence-corrected chi connectivity index (χ2v) is 6.21. The quantitative estimate of drug-likeness (QED) is 0.551. The number of halogens is 4. The molecule has 11 heteroatoms. The second kappa shape index (κ2) is 9.07. The van der Waals surface area contributed by atoms with Crippen LogP contribution in [0.1, 0.15) is 16.9 Å². The maximum absolute atomic E-state index is 12.8. The molecule has 1 amide bonds. The fourth-order valence-corrected chi connectivity index (χ4v) is 2.42. The Morgan fingerprint density at radius 3 is 2.75 bits per heavy atom. The molecule has 0 radical (unpaired) electrons. The Bertz CT molecular complexity index is 868. The summed E-state index contributed by atoms with van der Waals surface area (Å²) in [5, 5.41) is 4.04. The van der Waals surface area contributed by atoms with Gasteiger partial charge in [-0.3, -0.25) is 14.7 Å². The molecule has 7 nitrogen and oxygen atoms in total. The van der Waals surface area contributed by atoms with E-state index in [0.717, 1.165) is 17.2 Å². The molecule has 152 valence electrons. The fraction of sp³-hybridized carbons (Fsp3) is 0.353. The predicted octanol–water partition coefficient (Wildman–Crippen LogP) is 3.08. The van der Waals surface area contributed by atoms with E-state index in [4.69, 9.17) is 26.6 Å². The van der Waals surface area contributed by atoms with E-state index in [2.05, 4.69) is 10.1 Å². The first-order valence-electron chi connectivity index (χ1n) is 8.03. The van der Waals surface area contributed by atoms with Crippen LogP contribution in [0.25, 0.3) is 0 Å². The number of methoxy groups -OCH3 is 1. The topological polar surface area (TPSA) is 94.0 Å². The Morgan fingerprint density at radius 1 is 1.39 bits per heavy atom. The van der Waals surface area contributed by atoms with Crippen LogP contribution in [-0.4, -0.2) is 43.3 Å². The van der Waals surface area contributed by atoms with Gasteiger partial charge in [-0.1, -0.05) is 22.8 Å². The minimum Gasteiger partial charge on any atom is -0.383 e. The first kappa shape index (κ1) is 21.7. The average Bonchev–Trinajstić information content (AvgIpc) is 3.11. The van der Waals surface area contributed by atoms with E-state index in [1.807, 2.05) is 13.0 Å². The maximum atomic E-state index is 12.8. The van der Waals surface area contributed by atoms with E-state index in [9.17, 15) is 18.0 Å². The van der Waals surface area contributed by atoms with Crippen LogP contribution in [0.5, 0.6) is 0 Å². The number of carbonyl (C=O) groups excluding carboxylic acids is 1. The number of ether oxygens (including phenoxy) is 1. The van der Waals surface area contributed by atoms with Crippen LogP contribution in [0.3, 0.4) is 0 Å². The number of hydrogen-bond acceptors (Lipinski definition) is 5. The molecular formula is C17H18ClF3N4O3. The van der Waals surface area contributed by atoms with E-state index in [0.29, 0.717) is 9.92 Å². The van der Waals surface area contributed by atoms with E-state index in [-0.39, 0.29) is 37.1 Å². The number of nitrogens with zero attached hydrogens (tertiary/aromatic N) is 3. The van der Waals surface area contributed by atoms with Gasteiger partial charge in [0.25, 0.3) is 0 Å². The number of carbonyl (C=O) groups is 1. The lowest BCUT2D eigenvalue weighted by Crippen LogP contribution is -2.43.